The summed E-state index contributed by atoms with van der Waals surface area (Å²) < 4.78 is 34.4. The van der Waals surface area contributed by atoms with E-state index in [1.807, 2.05) is 24.3 Å². The van der Waals surface area contributed by atoms with Gasteiger partial charge in [0, 0.05) is 12.2 Å². The van der Waals surface area contributed by atoms with Crippen LogP contribution in [0.2, 0.25) is 0 Å². The molecular formula is C35H39NO5S. The highest BCUT2D eigenvalue weighted by Gasteiger charge is 2.24. The molecule has 220 valence electrons. The average Bonchev–Trinajstić information content (AvgIpc) is 3.18. The SMILES string of the molecule is CC#C[C@@H](CC(=O)OC)c1ccc(NCc2ccc3c(c2)-c2ccc(OCC4CCS(=O)(=O)CC4)cc2CCC3)cc1. The molecule has 0 amide bonds. The highest BCUT2D eigenvalue weighted by atomic mass is 32.2. The summed E-state index contributed by atoms with van der Waals surface area (Å²) in [6, 6.07) is 21.3. The summed E-state index contributed by atoms with van der Waals surface area (Å²) in [5, 5.41) is 3.53. The third-order valence-corrected chi connectivity index (χ3v) is 10.0. The van der Waals surface area contributed by atoms with Crippen LogP contribution in [0, 0.1) is 17.8 Å². The first kappa shape index (κ1) is 29.7. The van der Waals surface area contributed by atoms with Gasteiger partial charge < -0.3 is 14.8 Å². The lowest BCUT2D eigenvalue weighted by molar-refractivity contribution is -0.140. The van der Waals surface area contributed by atoms with Crippen molar-refractivity contribution < 1.29 is 22.7 Å². The molecule has 0 unspecified atom stereocenters. The van der Waals surface area contributed by atoms with Crippen molar-refractivity contribution in [1.29, 1.82) is 0 Å². The largest absolute Gasteiger partial charge is 0.493 e. The number of rotatable bonds is 9. The first-order chi connectivity index (χ1) is 20.3. The molecule has 1 aliphatic heterocycles. The second-order valence-corrected chi connectivity index (χ2v) is 13.6. The highest BCUT2D eigenvalue weighted by Crippen LogP contribution is 2.36. The van der Waals surface area contributed by atoms with Gasteiger partial charge in [0.2, 0.25) is 0 Å². The van der Waals surface area contributed by atoms with Crippen molar-refractivity contribution in [1.82, 2.24) is 0 Å². The van der Waals surface area contributed by atoms with Gasteiger partial charge in [-0.15, -0.1) is 5.92 Å². The first-order valence-corrected chi connectivity index (χ1v) is 16.6. The van der Waals surface area contributed by atoms with E-state index < -0.39 is 9.84 Å². The van der Waals surface area contributed by atoms with Gasteiger partial charge in [-0.3, -0.25) is 4.79 Å². The van der Waals surface area contributed by atoms with Crippen LogP contribution in [0.15, 0.2) is 60.7 Å². The molecule has 2 aliphatic rings. The van der Waals surface area contributed by atoms with E-state index in [0.717, 1.165) is 36.3 Å². The van der Waals surface area contributed by atoms with E-state index >= 15 is 0 Å². The molecule has 0 bridgehead atoms. The van der Waals surface area contributed by atoms with Crippen molar-refractivity contribution in [2.45, 2.75) is 57.9 Å². The van der Waals surface area contributed by atoms with Crippen molar-refractivity contribution in [3.8, 4) is 28.7 Å². The van der Waals surface area contributed by atoms with Crippen LogP contribution < -0.4 is 10.1 Å². The van der Waals surface area contributed by atoms with Crippen LogP contribution in [-0.2, 0) is 38.8 Å². The molecule has 0 saturated carbocycles. The van der Waals surface area contributed by atoms with Crippen LogP contribution in [0.4, 0.5) is 5.69 Å². The molecule has 3 aromatic rings. The molecule has 1 fully saturated rings. The summed E-state index contributed by atoms with van der Waals surface area (Å²) in [5.74, 6) is 7.30. The summed E-state index contributed by atoms with van der Waals surface area (Å²) in [7, 11) is -1.46. The normalized spacial score (nSPS) is 16.5. The summed E-state index contributed by atoms with van der Waals surface area (Å²) >= 11 is 0. The van der Waals surface area contributed by atoms with Crippen molar-refractivity contribution in [3.63, 3.8) is 0 Å². The second-order valence-electron chi connectivity index (χ2n) is 11.3. The number of esters is 1. The van der Waals surface area contributed by atoms with E-state index in [1.165, 1.54) is 34.9 Å². The van der Waals surface area contributed by atoms with Gasteiger partial charge in [-0.2, -0.15) is 0 Å². The maximum Gasteiger partial charge on any atom is 0.307 e. The van der Waals surface area contributed by atoms with Gasteiger partial charge in [0.1, 0.15) is 15.6 Å². The highest BCUT2D eigenvalue weighted by molar-refractivity contribution is 7.91. The standard InChI is InChI=1S/C35H39NO5S/c1-3-5-29(22-35(37)40-2)27-10-12-31(13-11-27)36-23-26-8-9-28-6-4-7-30-21-32(14-15-33(30)34(28)20-26)41-24-25-16-18-42(38,39)19-17-25/h8-15,20-21,25,29,36H,4,6-7,16-19,22-24H2,1-2H3/t29-/m0/s1. The second kappa shape index (κ2) is 13.5. The van der Waals surface area contributed by atoms with Crippen molar-refractivity contribution in [2.75, 3.05) is 30.5 Å². The van der Waals surface area contributed by atoms with Gasteiger partial charge in [0.25, 0.3) is 0 Å². The smallest absolute Gasteiger partial charge is 0.307 e. The Morgan fingerprint density at radius 3 is 2.48 bits per heavy atom. The number of anilines is 1. The molecule has 6 nitrogen and oxygen atoms in total. The number of hydrogen-bond donors (Lipinski definition) is 1. The Kier molecular flexibility index (Phi) is 9.54. The molecule has 1 aliphatic carbocycles. The zero-order valence-corrected chi connectivity index (χ0v) is 25.3. The van der Waals surface area contributed by atoms with Crippen LogP contribution in [0.3, 0.4) is 0 Å². The molecule has 0 radical (unpaired) electrons. The van der Waals surface area contributed by atoms with E-state index in [9.17, 15) is 13.2 Å². The molecule has 5 rings (SSSR count). The van der Waals surface area contributed by atoms with E-state index in [0.29, 0.717) is 31.9 Å². The maximum absolute atomic E-state index is 11.8. The topological polar surface area (TPSA) is 81.7 Å². The number of ether oxygens (including phenoxy) is 2. The number of nitrogens with one attached hydrogen (secondary N) is 1. The van der Waals surface area contributed by atoms with Gasteiger partial charge in [-0.1, -0.05) is 36.3 Å². The summed E-state index contributed by atoms with van der Waals surface area (Å²) in [6.07, 6.45) is 4.74. The van der Waals surface area contributed by atoms with Crippen molar-refractivity contribution in [2.24, 2.45) is 5.92 Å². The molecule has 7 heteroatoms. The molecule has 1 N–H and O–H groups in total. The molecular weight excluding hydrogens is 546 g/mol. The number of carbonyl (C=O) groups excluding carboxylic acids is 1. The number of carbonyl (C=O) groups is 1. The van der Waals surface area contributed by atoms with Crippen molar-refractivity contribution >= 4 is 21.5 Å². The first-order valence-electron chi connectivity index (χ1n) is 14.7. The Labute approximate surface area is 249 Å². The predicted molar refractivity (Wildman–Crippen MR) is 167 cm³/mol. The van der Waals surface area contributed by atoms with Crippen molar-refractivity contribution in [3.05, 3.63) is 82.9 Å². The minimum absolute atomic E-state index is 0.182. The van der Waals surface area contributed by atoms with Crippen LogP contribution in [0.5, 0.6) is 5.75 Å². The van der Waals surface area contributed by atoms with Crippen LogP contribution >= 0.6 is 0 Å². The van der Waals surface area contributed by atoms with Crippen LogP contribution in [0.25, 0.3) is 11.1 Å². The van der Waals surface area contributed by atoms with Gasteiger partial charge >= 0.3 is 5.97 Å². The summed E-state index contributed by atoms with van der Waals surface area (Å²) in [6.45, 7) is 3.04. The monoisotopic (exact) mass is 585 g/mol. The minimum atomic E-state index is -2.86. The fraction of sp³-hybridized carbons (Fsp3) is 0.400. The molecule has 1 saturated heterocycles. The number of methoxy groups -OCH3 is 1. The lowest BCUT2D eigenvalue weighted by atomic mass is 9.94. The third-order valence-electron chi connectivity index (χ3n) is 8.32. The van der Waals surface area contributed by atoms with Gasteiger partial charge in [0.15, 0.2) is 0 Å². The molecule has 1 heterocycles. The molecule has 1 atom stereocenters. The Morgan fingerprint density at radius 1 is 0.976 bits per heavy atom. The van der Waals surface area contributed by atoms with E-state index in [-0.39, 0.29) is 29.8 Å². The number of benzene rings is 3. The molecule has 3 aromatic carbocycles. The quantitative estimate of drug-likeness (QED) is 0.234. The van der Waals surface area contributed by atoms with Crippen LogP contribution in [0.1, 0.15) is 60.8 Å². The Bertz CT molecular complexity index is 1570. The molecule has 0 spiro atoms. The number of hydrogen-bond acceptors (Lipinski definition) is 6. The minimum Gasteiger partial charge on any atom is -0.493 e. The molecule has 42 heavy (non-hydrogen) atoms. The van der Waals surface area contributed by atoms with Crippen LogP contribution in [-0.4, -0.2) is 39.6 Å². The zero-order valence-electron chi connectivity index (χ0n) is 24.4. The Hall–Kier alpha value is -3.76. The van der Waals surface area contributed by atoms with Gasteiger partial charge in [-0.05, 0) is 109 Å². The average molecular weight is 586 g/mol. The fourth-order valence-electron chi connectivity index (χ4n) is 5.83. The van der Waals surface area contributed by atoms with E-state index in [4.69, 9.17) is 9.47 Å². The summed E-state index contributed by atoms with van der Waals surface area (Å²) in [4.78, 5) is 11.8. The fourth-order valence-corrected chi connectivity index (χ4v) is 7.42. The van der Waals surface area contributed by atoms with E-state index in [2.05, 4.69) is 53.6 Å². The van der Waals surface area contributed by atoms with E-state index in [1.54, 1.807) is 6.92 Å². The maximum atomic E-state index is 11.8. The lowest BCUT2D eigenvalue weighted by Gasteiger charge is -2.22. The number of sulfone groups is 1. The Morgan fingerprint density at radius 2 is 1.74 bits per heavy atom. The van der Waals surface area contributed by atoms with Gasteiger partial charge in [0.05, 0.1) is 37.6 Å². The lowest BCUT2D eigenvalue weighted by Crippen LogP contribution is -2.26. The van der Waals surface area contributed by atoms with Gasteiger partial charge in [-0.25, -0.2) is 8.42 Å². The number of aryl methyl sites for hydroxylation is 2. The Balaban J connectivity index is 1.24. The zero-order chi connectivity index (χ0) is 29.5. The third kappa shape index (κ3) is 7.54. The molecule has 0 aromatic heterocycles. The number of fused-ring (bicyclic) bond motifs is 3. The summed E-state index contributed by atoms with van der Waals surface area (Å²) in [5.41, 5.74) is 8.43. The predicted octanol–water partition coefficient (Wildman–Crippen LogP) is 6.33.